The minimum atomic E-state index is -0.671. The van der Waals surface area contributed by atoms with Crippen LogP contribution in [0.5, 0.6) is 0 Å². The van der Waals surface area contributed by atoms with Crippen molar-refractivity contribution in [2.75, 3.05) is 11.9 Å². The average molecular weight is 356 g/mol. The van der Waals surface area contributed by atoms with E-state index in [-0.39, 0.29) is 18.1 Å². The van der Waals surface area contributed by atoms with Gasteiger partial charge >= 0.3 is 6.09 Å². The third kappa shape index (κ3) is 4.45. The molecule has 3 rings (SSSR count). The highest BCUT2D eigenvalue weighted by molar-refractivity contribution is 6.30. The molecule has 0 fully saturated rings. The largest absolute Gasteiger partial charge is 0.443 e. The van der Waals surface area contributed by atoms with Crippen LogP contribution in [0.1, 0.15) is 5.76 Å². The highest BCUT2D eigenvalue weighted by Gasteiger charge is 2.13. The van der Waals surface area contributed by atoms with E-state index < -0.39 is 6.09 Å². The number of hydrogen-bond acceptors (Lipinski definition) is 5. The lowest BCUT2D eigenvalue weighted by atomic mass is 10.1. The lowest BCUT2D eigenvalue weighted by Gasteiger charge is -2.06. The van der Waals surface area contributed by atoms with Gasteiger partial charge in [-0.2, -0.15) is 0 Å². The van der Waals surface area contributed by atoms with Crippen molar-refractivity contribution in [3.63, 3.8) is 0 Å². The van der Waals surface area contributed by atoms with Gasteiger partial charge in [0.2, 0.25) is 0 Å². The van der Waals surface area contributed by atoms with Crippen LogP contribution in [0.2, 0.25) is 5.02 Å². The zero-order valence-corrected chi connectivity index (χ0v) is 13.8. The van der Waals surface area contributed by atoms with Gasteiger partial charge in [-0.05, 0) is 24.3 Å². The fraction of sp³-hybridized carbons (Fsp3) is 0.0556. The molecule has 1 heterocycles. The van der Waals surface area contributed by atoms with Gasteiger partial charge in [-0.15, -0.1) is 0 Å². The van der Waals surface area contributed by atoms with Crippen molar-refractivity contribution >= 4 is 29.1 Å². The van der Waals surface area contributed by atoms with E-state index in [0.717, 1.165) is 5.56 Å². The molecule has 0 radical (unpaired) electrons. The fourth-order valence-corrected chi connectivity index (χ4v) is 2.18. The molecule has 0 aliphatic heterocycles. The predicted octanol–water partition coefficient (Wildman–Crippen LogP) is 4.61. The molecule has 1 aromatic heterocycles. The maximum atomic E-state index is 11.8. The number of aromatic nitrogens is 1. The Morgan fingerprint density at radius 3 is 2.60 bits per heavy atom. The van der Waals surface area contributed by atoms with Crippen LogP contribution >= 0.6 is 11.6 Å². The Bertz CT molecular complexity index is 876. The zero-order chi connectivity index (χ0) is 17.6. The van der Waals surface area contributed by atoms with Crippen LogP contribution < -0.4 is 5.32 Å². The molecule has 126 valence electrons. The minimum absolute atomic E-state index is 0.0148. The molecular formula is C18H14ClN3O3. The number of halogens is 1. The van der Waals surface area contributed by atoms with Gasteiger partial charge in [-0.25, -0.2) is 4.79 Å². The summed E-state index contributed by atoms with van der Waals surface area (Å²) in [5.74, 6) is 0.248. The number of carbonyl (C=O) groups is 1. The number of nitrogens with zero attached hydrogens (tertiary/aromatic N) is 1. The third-order valence-corrected chi connectivity index (χ3v) is 3.57. The van der Waals surface area contributed by atoms with Crippen LogP contribution in [0.15, 0.2) is 65.2 Å². The first kappa shape index (κ1) is 16.7. The van der Waals surface area contributed by atoms with Gasteiger partial charge in [0.1, 0.15) is 18.0 Å². The van der Waals surface area contributed by atoms with E-state index in [4.69, 9.17) is 26.3 Å². The van der Waals surface area contributed by atoms with Gasteiger partial charge in [0.25, 0.3) is 0 Å². The molecule has 3 aromatic rings. The molecule has 0 unspecified atom stereocenters. The molecule has 0 aliphatic carbocycles. The first-order valence-corrected chi connectivity index (χ1v) is 7.79. The Morgan fingerprint density at radius 1 is 1.16 bits per heavy atom. The fourth-order valence-electron chi connectivity index (χ4n) is 2.06. The first-order valence-electron chi connectivity index (χ1n) is 7.41. The highest BCUT2D eigenvalue weighted by Crippen LogP contribution is 2.19. The number of benzene rings is 2. The first-order chi connectivity index (χ1) is 12.1. The number of carbonyl (C=O) groups excluding carboxylic acids is 1. The molecule has 0 aliphatic rings. The van der Waals surface area contributed by atoms with E-state index >= 15 is 0 Å². The summed E-state index contributed by atoms with van der Waals surface area (Å²) < 4.78 is 10.2. The Hall–Kier alpha value is -3.12. The number of anilines is 1. The van der Waals surface area contributed by atoms with Gasteiger partial charge in [0.05, 0.1) is 0 Å². The van der Waals surface area contributed by atoms with Gasteiger partial charge in [-0.3, -0.25) is 10.7 Å². The maximum absolute atomic E-state index is 11.8. The Balaban J connectivity index is 1.55. The minimum Gasteiger partial charge on any atom is -0.443 e. The molecule has 25 heavy (non-hydrogen) atoms. The SMILES string of the molecule is N=C(COC(=O)Nc1ccc(Cl)cc1)c1cc(-c2ccccc2)no1. The average Bonchev–Trinajstić information content (AvgIpc) is 3.13. The third-order valence-electron chi connectivity index (χ3n) is 3.32. The number of ether oxygens (including phenoxy) is 1. The summed E-state index contributed by atoms with van der Waals surface area (Å²) in [6, 6.07) is 17.7. The molecule has 0 bridgehead atoms. The van der Waals surface area contributed by atoms with E-state index in [1.54, 1.807) is 30.3 Å². The second-order valence-corrected chi connectivity index (χ2v) is 5.57. The molecule has 2 N–H and O–H groups in total. The van der Waals surface area contributed by atoms with Gasteiger partial charge in [0.15, 0.2) is 5.76 Å². The number of amides is 1. The lowest BCUT2D eigenvalue weighted by Crippen LogP contribution is -2.18. The summed E-state index contributed by atoms with van der Waals surface area (Å²) >= 11 is 5.78. The van der Waals surface area contributed by atoms with Crippen molar-refractivity contribution in [1.29, 1.82) is 5.41 Å². The second kappa shape index (κ2) is 7.63. The Kier molecular flexibility index (Phi) is 5.11. The lowest BCUT2D eigenvalue weighted by molar-refractivity contribution is 0.177. The van der Waals surface area contributed by atoms with Crippen molar-refractivity contribution in [1.82, 2.24) is 5.16 Å². The topological polar surface area (TPSA) is 88.2 Å². The highest BCUT2D eigenvalue weighted by atomic mass is 35.5. The smallest absolute Gasteiger partial charge is 0.412 e. The van der Waals surface area contributed by atoms with E-state index in [1.807, 2.05) is 30.3 Å². The quantitative estimate of drug-likeness (QED) is 0.654. The normalized spacial score (nSPS) is 10.3. The van der Waals surface area contributed by atoms with Gasteiger partial charge in [0, 0.05) is 22.3 Å². The molecule has 2 aromatic carbocycles. The van der Waals surface area contributed by atoms with Crippen LogP contribution in [0, 0.1) is 5.41 Å². The second-order valence-electron chi connectivity index (χ2n) is 5.13. The monoisotopic (exact) mass is 355 g/mol. The number of hydrogen-bond donors (Lipinski definition) is 2. The molecule has 1 amide bonds. The molecule has 0 spiro atoms. The van der Waals surface area contributed by atoms with Crippen molar-refractivity contribution in [3.05, 3.63) is 71.4 Å². The van der Waals surface area contributed by atoms with Gasteiger partial charge in [-0.1, -0.05) is 47.1 Å². The molecule has 0 saturated carbocycles. The van der Waals surface area contributed by atoms with Crippen molar-refractivity contribution < 1.29 is 14.1 Å². The molecule has 0 saturated heterocycles. The van der Waals surface area contributed by atoms with Crippen molar-refractivity contribution in [2.45, 2.75) is 0 Å². The summed E-state index contributed by atoms with van der Waals surface area (Å²) in [6.07, 6.45) is -0.671. The van der Waals surface area contributed by atoms with E-state index in [0.29, 0.717) is 16.4 Å². The van der Waals surface area contributed by atoms with Crippen LogP contribution in [0.4, 0.5) is 10.5 Å². The van der Waals surface area contributed by atoms with E-state index in [2.05, 4.69) is 10.5 Å². The summed E-state index contributed by atoms with van der Waals surface area (Å²) in [5.41, 5.74) is 2.06. The maximum Gasteiger partial charge on any atom is 0.412 e. The zero-order valence-electron chi connectivity index (χ0n) is 13.0. The van der Waals surface area contributed by atoms with Crippen LogP contribution in [0.25, 0.3) is 11.3 Å². The number of rotatable bonds is 5. The molecule has 0 atom stereocenters. The van der Waals surface area contributed by atoms with Crippen molar-refractivity contribution in [2.24, 2.45) is 0 Å². The van der Waals surface area contributed by atoms with Gasteiger partial charge < -0.3 is 9.26 Å². The Labute approximate surface area is 148 Å². The van der Waals surface area contributed by atoms with Crippen LogP contribution in [-0.2, 0) is 4.74 Å². The Morgan fingerprint density at radius 2 is 1.88 bits per heavy atom. The molecular weight excluding hydrogens is 342 g/mol. The van der Waals surface area contributed by atoms with Crippen molar-refractivity contribution in [3.8, 4) is 11.3 Å². The summed E-state index contributed by atoms with van der Waals surface area (Å²) in [6.45, 7) is -0.233. The summed E-state index contributed by atoms with van der Waals surface area (Å²) in [7, 11) is 0. The summed E-state index contributed by atoms with van der Waals surface area (Å²) in [4.78, 5) is 11.8. The van der Waals surface area contributed by atoms with E-state index in [9.17, 15) is 4.79 Å². The molecule has 7 heteroatoms. The summed E-state index contributed by atoms with van der Waals surface area (Å²) in [5, 5.41) is 15.0. The van der Waals surface area contributed by atoms with Crippen LogP contribution in [0.3, 0.4) is 0 Å². The molecule has 6 nitrogen and oxygen atoms in total. The van der Waals surface area contributed by atoms with E-state index in [1.165, 1.54) is 0 Å². The van der Waals surface area contributed by atoms with Crippen LogP contribution in [-0.4, -0.2) is 23.6 Å². The number of nitrogens with one attached hydrogen (secondary N) is 2. The predicted molar refractivity (Wildman–Crippen MR) is 95.2 cm³/mol. The standard InChI is InChI=1S/C18H14ClN3O3/c19-13-6-8-14(9-7-13)21-18(23)24-11-15(20)17-10-16(22-25-17)12-4-2-1-3-5-12/h1-10,20H,11H2,(H,21,23).